The second-order valence-electron chi connectivity index (χ2n) is 7.15. The smallest absolute Gasteiger partial charge is 0.220 e. The number of aromatic nitrogens is 2. The number of nitrogens with one attached hydrogen (secondary N) is 2. The maximum absolute atomic E-state index is 12.4. The van der Waals surface area contributed by atoms with E-state index in [1.807, 2.05) is 55.5 Å². The number of H-pyrrole nitrogens is 1. The number of carbonyl (C=O) groups is 1. The summed E-state index contributed by atoms with van der Waals surface area (Å²) in [5, 5.41) is 3.12. The number of carbonyl (C=O) groups excluding carboxylic acids is 1. The van der Waals surface area contributed by atoms with E-state index >= 15 is 0 Å². The van der Waals surface area contributed by atoms with Crippen molar-refractivity contribution in [1.82, 2.24) is 15.3 Å². The van der Waals surface area contributed by atoms with Crippen molar-refractivity contribution >= 4 is 16.9 Å². The van der Waals surface area contributed by atoms with Gasteiger partial charge in [-0.1, -0.05) is 44.2 Å². The number of aryl methyl sites for hydroxylation is 1. The maximum atomic E-state index is 12.4. The third kappa shape index (κ3) is 4.88. The number of fused-ring (bicyclic) bond motifs is 1. The van der Waals surface area contributed by atoms with Crippen LogP contribution in [0, 0.1) is 12.8 Å². The van der Waals surface area contributed by atoms with E-state index in [9.17, 15) is 4.79 Å². The van der Waals surface area contributed by atoms with E-state index < -0.39 is 0 Å². The molecular formula is C22H27N3O2. The minimum Gasteiger partial charge on any atom is -0.493 e. The molecule has 0 fully saturated rings. The molecule has 1 heterocycles. The highest BCUT2D eigenvalue weighted by molar-refractivity contribution is 5.77. The topological polar surface area (TPSA) is 67.0 Å². The van der Waals surface area contributed by atoms with Gasteiger partial charge in [-0.25, -0.2) is 4.98 Å². The van der Waals surface area contributed by atoms with Gasteiger partial charge in [0.15, 0.2) is 0 Å². The molecule has 5 heteroatoms. The molecule has 0 saturated carbocycles. The molecule has 2 aromatic carbocycles. The number of hydrogen-bond donors (Lipinski definition) is 2. The molecule has 0 radical (unpaired) electrons. The highest BCUT2D eigenvalue weighted by Crippen LogP contribution is 2.22. The molecule has 0 spiro atoms. The zero-order valence-corrected chi connectivity index (χ0v) is 16.2. The zero-order valence-electron chi connectivity index (χ0n) is 16.2. The maximum Gasteiger partial charge on any atom is 0.220 e. The van der Waals surface area contributed by atoms with Gasteiger partial charge >= 0.3 is 0 Å². The van der Waals surface area contributed by atoms with Gasteiger partial charge in [0.2, 0.25) is 5.91 Å². The summed E-state index contributed by atoms with van der Waals surface area (Å²) < 4.78 is 5.77. The average Bonchev–Trinajstić information content (AvgIpc) is 3.08. The molecule has 1 atom stereocenters. The first kappa shape index (κ1) is 19.0. The summed E-state index contributed by atoms with van der Waals surface area (Å²) in [6.07, 6.45) is 1.10. The number of rotatable bonds is 8. The molecule has 0 aliphatic heterocycles. The van der Waals surface area contributed by atoms with Gasteiger partial charge in [-0.2, -0.15) is 0 Å². The number of ether oxygens (including phenoxy) is 1. The first-order valence-electron chi connectivity index (χ1n) is 9.47. The predicted molar refractivity (Wildman–Crippen MR) is 108 cm³/mol. The Kier molecular flexibility index (Phi) is 6.12. The first-order chi connectivity index (χ1) is 13.0. The predicted octanol–water partition coefficient (Wildman–Crippen LogP) is 4.54. The molecule has 0 saturated heterocycles. The van der Waals surface area contributed by atoms with Crippen molar-refractivity contribution in [2.45, 2.75) is 39.7 Å². The van der Waals surface area contributed by atoms with E-state index in [1.165, 1.54) is 0 Å². The number of benzene rings is 2. The van der Waals surface area contributed by atoms with Crippen LogP contribution in [0.4, 0.5) is 0 Å². The van der Waals surface area contributed by atoms with Crippen LogP contribution in [0.3, 0.4) is 0 Å². The van der Waals surface area contributed by atoms with Crippen LogP contribution in [0.2, 0.25) is 0 Å². The Labute approximate surface area is 160 Å². The number of para-hydroxylation sites is 3. The second-order valence-corrected chi connectivity index (χ2v) is 7.15. The molecular weight excluding hydrogens is 338 g/mol. The normalized spacial score (nSPS) is 12.3. The van der Waals surface area contributed by atoms with E-state index in [-0.39, 0.29) is 17.9 Å². The summed E-state index contributed by atoms with van der Waals surface area (Å²) in [6, 6.07) is 15.7. The Morgan fingerprint density at radius 1 is 1.15 bits per heavy atom. The lowest BCUT2D eigenvalue weighted by molar-refractivity contribution is -0.122. The van der Waals surface area contributed by atoms with Crippen LogP contribution in [-0.2, 0) is 4.79 Å². The Balaban J connectivity index is 1.53. The monoisotopic (exact) mass is 365 g/mol. The van der Waals surface area contributed by atoms with Gasteiger partial charge in [0.05, 0.1) is 23.7 Å². The van der Waals surface area contributed by atoms with Crippen LogP contribution in [0.25, 0.3) is 11.0 Å². The molecule has 0 aliphatic carbocycles. The summed E-state index contributed by atoms with van der Waals surface area (Å²) in [6.45, 7) is 6.71. The summed E-state index contributed by atoms with van der Waals surface area (Å²) >= 11 is 0. The van der Waals surface area contributed by atoms with Crippen LogP contribution in [-0.4, -0.2) is 22.5 Å². The zero-order chi connectivity index (χ0) is 19.2. The van der Waals surface area contributed by atoms with Crippen molar-refractivity contribution in [3.05, 3.63) is 59.9 Å². The molecule has 142 valence electrons. The molecule has 0 bridgehead atoms. The molecule has 27 heavy (non-hydrogen) atoms. The summed E-state index contributed by atoms with van der Waals surface area (Å²) in [4.78, 5) is 20.4. The van der Waals surface area contributed by atoms with Crippen molar-refractivity contribution in [3.8, 4) is 5.75 Å². The van der Waals surface area contributed by atoms with E-state index in [1.54, 1.807) is 0 Å². The molecule has 3 aromatic rings. The Bertz CT molecular complexity index is 868. The molecule has 0 aliphatic rings. The van der Waals surface area contributed by atoms with Gasteiger partial charge in [0, 0.05) is 6.42 Å². The lowest BCUT2D eigenvalue weighted by atomic mass is 10.0. The summed E-state index contributed by atoms with van der Waals surface area (Å²) in [5.74, 6) is 1.93. The van der Waals surface area contributed by atoms with Crippen molar-refractivity contribution in [1.29, 1.82) is 0 Å². The molecule has 1 aromatic heterocycles. The quantitative estimate of drug-likeness (QED) is 0.576. The standard InChI is InChI=1S/C22H27N3O2/c1-15(2)21(22-23-17-10-5-6-11-18(17)24-22)25-20(26)13-8-14-27-19-12-7-4-9-16(19)3/h4-7,9-12,15,21H,8,13-14H2,1-3H3,(H,23,24)(H,25,26). The van der Waals surface area contributed by atoms with Crippen molar-refractivity contribution in [2.24, 2.45) is 5.92 Å². The Hall–Kier alpha value is -2.82. The summed E-state index contributed by atoms with van der Waals surface area (Å²) in [5.41, 5.74) is 3.00. The molecule has 2 N–H and O–H groups in total. The SMILES string of the molecule is Cc1ccccc1OCCCC(=O)NC(c1nc2ccccc2[nH]1)C(C)C. The van der Waals surface area contributed by atoms with E-state index in [0.29, 0.717) is 19.4 Å². The fourth-order valence-corrected chi connectivity index (χ4v) is 3.05. The number of hydrogen-bond acceptors (Lipinski definition) is 3. The van der Waals surface area contributed by atoms with Crippen molar-refractivity contribution in [3.63, 3.8) is 0 Å². The van der Waals surface area contributed by atoms with Crippen LogP contribution in [0.1, 0.15) is 44.1 Å². The van der Waals surface area contributed by atoms with Gasteiger partial charge in [-0.05, 0) is 43.0 Å². The average molecular weight is 365 g/mol. The first-order valence-corrected chi connectivity index (χ1v) is 9.47. The number of amides is 1. The third-order valence-electron chi connectivity index (χ3n) is 4.58. The highest BCUT2D eigenvalue weighted by atomic mass is 16.5. The van der Waals surface area contributed by atoms with Gasteiger partial charge in [-0.15, -0.1) is 0 Å². The summed E-state index contributed by atoms with van der Waals surface area (Å²) in [7, 11) is 0. The van der Waals surface area contributed by atoms with E-state index in [2.05, 4.69) is 29.1 Å². The lowest BCUT2D eigenvalue weighted by Gasteiger charge is -2.20. The fourth-order valence-electron chi connectivity index (χ4n) is 3.05. The van der Waals surface area contributed by atoms with Crippen LogP contribution < -0.4 is 10.1 Å². The second kappa shape index (κ2) is 8.71. The van der Waals surface area contributed by atoms with Gasteiger partial charge < -0.3 is 15.0 Å². The molecule has 3 rings (SSSR count). The molecule has 5 nitrogen and oxygen atoms in total. The molecule has 1 amide bonds. The number of aromatic amines is 1. The van der Waals surface area contributed by atoms with Crippen LogP contribution >= 0.6 is 0 Å². The number of nitrogens with zero attached hydrogens (tertiary/aromatic N) is 1. The van der Waals surface area contributed by atoms with Gasteiger partial charge in [-0.3, -0.25) is 4.79 Å². The van der Waals surface area contributed by atoms with Gasteiger partial charge in [0.25, 0.3) is 0 Å². The Morgan fingerprint density at radius 3 is 2.63 bits per heavy atom. The lowest BCUT2D eigenvalue weighted by Crippen LogP contribution is -2.32. The number of imidazole rings is 1. The van der Waals surface area contributed by atoms with Crippen molar-refractivity contribution < 1.29 is 9.53 Å². The minimum absolute atomic E-state index is 0.0162. The minimum atomic E-state index is -0.137. The Morgan fingerprint density at radius 2 is 1.89 bits per heavy atom. The van der Waals surface area contributed by atoms with Crippen LogP contribution in [0.5, 0.6) is 5.75 Å². The van der Waals surface area contributed by atoms with E-state index in [4.69, 9.17) is 4.74 Å². The van der Waals surface area contributed by atoms with Crippen LogP contribution in [0.15, 0.2) is 48.5 Å². The van der Waals surface area contributed by atoms with Crippen molar-refractivity contribution in [2.75, 3.05) is 6.61 Å². The third-order valence-corrected chi connectivity index (χ3v) is 4.58. The molecule has 1 unspecified atom stereocenters. The largest absolute Gasteiger partial charge is 0.493 e. The highest BCUT2D eigenvalue weighted by Gasteiger charge is 2.21. The van der Waals surface area contributed by atoms with E-state index in [0.717, 1.165) is 28.2 Å². The fraction of sp³-hybridized carbons (Fsp3) is 0.364. The van der Waals surface area contributed by atoms with Gasteiger partial charge in [0.1, 0.15) is 11.6 Å².